The van der Waals surface area contributed by atoms with Crippen molar-refractivity contribution in [3.05, 3.63) is 34.3 Å². The van der Waals surface area contributed by atoms with Crippen LogP contribution in [0.5, 0.6) is 0 Å². The van der Waals surface area contributed by atoms with Gasteiger partial charge in [0, 0.05) is 29.2 Å². The van der Waals surface area contributed by atoms with E-state index < -0.39 is 6.04 Å². The molecule has 2 atom stereocenters. The number of halogens is 2. The Labute approximate surface area is 151 Å². The molecule has 1 aromatic carbocycles. The van der Waals surface area contributed by atoms with Crippen molar-refractivity contribution in [3.63, 3.8) is 0 Å². The summed E-state index contributed by atoms with van der Waals surface area (Å²) in [5.74, 6) is -0.249. The number of carbonyl (C=O) groups is 2. The summed E-state index contributed by atoms with van der Waals surface area (Å²) in [7, 11) is 1.91. The Hall–Kier alpha value is -1.11. The summed E-state index contributed by atoms with van der Waals surface area (Å²) >= 11 is 3.33. The van der Waals surface area contributed by atoms with Crippen LogP contribution in [0.15, 0.2) is 28.7 Å². The fourth-order valence-corrected chi connectivity index (χ4v) is 2.89. The SMILES string of the molecule is CNC1CCCN(C(=O)C(C)NC(=O)c2ccc(Br)cc2)C1.Cl. The van der Waals surface area contributed by atoms with Gasteiger partial charge in [-0.1, -0.05) is 15.9 Å². The molecule has 1 heterocycles. The molecule has 1 aromatic rings. The number of piperidine rings is 1. The molecule has 2 rings (SSSR count). The molecule has 1 fully saturated rings. The standard InChI is InChI=1S/C16H22BrN3O2.ClH/c1-11(16(22)20-9-3-4-14(10-20)18-2)19-15(21)12-5-7-13(17)8-6-12;/h5-8,11,14,18H,3-4,9-10H2,1-2H3,(H,19,21);1H. The van der Waals surface area contributed by atoms with Gasteiger partial charge in [-0.05, 0) is 51.1 Å². The van der Waals surface area contributed by atoms with E-state index in [4.69, 9.17) is 0 Å². The lowest BCUT2D eigenvalue weighted by Crippen LogP contribution is -2.53. The van der Waals surface area contributed by atoms with Crippen molar-refractivity contribution in [1.29, 1.82) is 0 Å². The fourth-order valence-electron chi connectivity index (χ4n) is 2.63. The number of hydrogen-bond donors (Lipinski definition) is 2. The monoisotopic (exact) mass is 403 g/mol. The summed E-state index contributed by atoms with van der Waals surface area (Å²) in [6, 6.07) is 6.90. The maximum atomic E-state index is 12.5. The van der Waals surface area contributed by atoms with E-state index in [2.05, 4.69) is 26.6 Å². The number of likely N-dealkylation sites (tertiary alicyclic amines) is 1. The normalized spacial score (nSPS) is 18.7. The highest BCUT2D eigenvalue weighted by atomic mass is 79.9. The third-order valence-electron chi connectivity index (χ3n) is 3.97. The Bertz CT molecular complexity index is 539. The quantitative estimate of drug-likeness (QED) is 0.809. The minimum absolute atomic E-state index is 0. The molecule has 0 bridgehead atoms. The first kappa shape index (κ1) is 19.9. The third-order valence-corrected chi connectivity index (χ3v) is 4.49. The summed E-state index contributed by atoms with van der Waals surface area (Å²) in [6.45, 7) is 3.20. The molecule has 0 aromatic heterocycles. The van der Waals surface area contributed by atoms with Crippen LogP contribution in [0, 0.1) is 0 Å². The van der Waals surface area contributed by atoms with Gasteiger partial charge in [0.15, 0.2) is 0 Å². The topological polar surface area (TPSA) is 61.4 Å². The lowest BCUT2D eigenvalue weighted by atomic mass is 10.1. The molecule has 0 spiro atoms. The largest absolute Gasteiger partial charge is 0.341 e. The molecule has 2 N–H and O–H groups in total. The van der Waals surface area contributed by atoms with Gasteiger partial charge in [-0.15, -0.1) is 12.4 Å². The molecule has 0 aliphatic carbocycles. The smallest absolute Gasteiger partial charge is 0.251 e. The summed E-state index contributed by atoms with van der Waals surface area (Å²) in [4.78, 5) is 26.5. The van der Waals surface area contributed by atoms with Crippen molar-refractivity contribution < 1.29 is 9.59 Å². The maximum Gasteiger partial charge on any atom is 0.251 e. The highest BCUT2D eigenvalue weighted by Crippen LogP contribution is 2.12. The average Bonchev–Trinajstić information content (AvgIpc) is 2.54. The van der Waals surface area contributed by atoms with Gasteiger partial charge in [0.25, 0.3) is 5.91 Å². The Morgan fingerprint density at radius 2 is 1.96 bits per heavy atom. The molecule has 2 unspecified atom stereocenters. The zero-order chi connectivity index (χ0) is 16.1. The number of carbonyl (C=O) groups excluding carboxylic acids is 2. The number of amides is 2. The van der Waals surface area contributed by atoms with Gasteiger partial charge in [-0.3, -0.25) is 9.59 Å². The van der Waals surface area contributed by atoms with Crippen LogP contribution in [0.2, 0.25) is 0 Å². The predicted octanol–water partition coefficient (Wildman–Crippen LogP) is 2.20. The van der Waals surface area contributed by atoms with Crippen molar-refractivity contribution in [2.24, 2.45) is 0 Å². The molecule has 1 aliphatic rings. The average molecular weight is 405 g/mol. The van der Waals surface area contributed by atoms with Crippen molar-refractivity contribution in [2.45, 2.75) is 31.8 Å². The summed E-state index contributed by atoms with van der Waals surface area (Å²) < 4.78 is 0.916. The Morgan fingerprint density at radius 1 is 1.30 bits per heavy atom. The fraction of sp³-hybridized carbons (Fsp3) is 0.500. The van der Waals surface area contributed by atoms with Crippen LogP contribution in [0.1, 0.15) is 30.1 Å². The number of likely N-dealkylation sites (N-methyl/N-ethyl adjacent to an activating group) is 1. The summed E-state index contributed by atoms with van der Waals surface area (Å²) in [5.41, 5.74) is 0.551. The van der Waals surface area contributed by atoms with E-state index in [9.17, 15) is 9.59 Å². The zero-order valence-electron chi connectivity index (χ0n) is 13.3. The number of benzene rings is 1. The molecule has 0 radical (unpaired) electrons. The first-order valence-corrected chi connectivity index (χ1v) is 8.33. The maximum absolute atomic E-state index is 12.5. The Balaban J connectivity index is 0.00000264. The highest BCUT2D eigenvalue weighted by molar-refractivity contribution is 9.10. The van der Waals surface area contributed by atoms with E-state index in [1.165, 1.54) is 0 Å². The second kappa shape index (κ2) is 9.25. The third kappa shape index (κ3) is 5.48. The van der Waals surface area contributed by atoms with Crippen LogP contribution < -0.4 is 10.6 Å². The summed E-state index contributed by atoms with van der Waals surface area (Å²) in [5, 5.41) is 5.99. The van der Waals surface area contributed by atoms with Crippen LogP contribution in [-0.4, -0.2) is 48.9 Å². The van der Waals surface area contributed by atoms with E-state index in [0.29, 0.717) is 18.2 Å². The second-order valence-corrected chi connectivity index (χ2v) is 6.53. The van der Waals surface area contributed by atoms with Gasteiger partial charge in [0.2, 0.25) is 5.91 Å². The van der Waals surface area contributed by atoms with Crippen LogP contribution in [0.4, 0.5) is 0 Å². The molecular weight excluding hydrogens is 382 g/mol. The van der Waals surface area contributed by atoms with Gasteiger partial charge >= 0.3 is 0 Å². The molecule has 1 saturated heterocycles. The van der Waals surface area contributed by atoms with Gasteiger partial charge in [-0.25, -0.2) is 0 Å². The number of rotatable bonds is 4. The Kier molecular flexibility index (Phi) is 8.02. The Morgan fingerprint density at radius 3 is 2.57 bits per heavy atom. The first-order chi connectivity index (χ1) is 10.5. The molecule has 128 valence electrons. The van der Waals surface area contributed by atoms with E-state index >= 15 is 0 Å². The van der Waals surface area contributed by atoms with Crippen LogP contribution >= 0.6 is 28.3 Å². The lowest BCUT2D eigenvalue weighted by molar-refractivity contribution is -0.134. The van der Waals surface area contributed by atoms with Gasteiger partial charge in [0.05, 0.1) is 0 Å². The second-order valence-electron chi connectivity index (χ2n) is 5.61. The van der Waals surface area contributed by atoms with Gasteiger partial charge < -0.3 is 15.5 Å². The lowest BCUT2D eigenvalue weighted by Gasteiger charge is -2.34. The minimum Gasteiger partial charge on any atom is -0.341 e. The van der Waals surface area contributed by atoms with Crippen molar-refractivity contribution in [1.82, 2.24) is 15.5 Å². The van der Waals surface area contributed by atoms with E-state index in [-0.39, 0.29) is 24.2 Å². The summed E-state index contributed by atoms with van der Waals surface area (Å²) in [6.07, 6.45) is 2.07. The molecule has 23 heavy (non-hydrogen) atoms. The highest BCUT2D eigenvalue weighted by Gasteiger charge is 2.27. The number of nitrogens with zero attached hydrogens (tertiary/aromatic N) is 1. The molecule has 5 nitrogen and oxygen atoms in total. The van der Waals surface area contributed by atoms with Crippen molar-refractivity contribution in [2.75, 3.05) is 20.1 Å². The van der Waals surface area contributed by atoms with Gasteiger partial charge in [0.1, 0.15) is 6.04 Å². The molecule has 1 aliphatic heterocycles. The predicted molar refractivity (Wildman–Crippen MR) is 97.0 cm³/mol. The zero-order valence-corrected chi connectivity index (χ0v) is 15.7. The van der Waals surface area contributed by atoms with E-state index in [0.717, 1.165) is 23.9 Å². The van der Waals surface area contributed by atoms with E-state index in [1.54, 1.807) is 19.1 Å². The molecule has 0 saturated carbocycles. The van der Waals surface area contributed by atoms with Crippen LogP contribution in [0.25, 0.3) is 0 Å². The van der Waals surface area contributed by atoms with Crippen molar-refractivity contribution >= 4 is 40.2 Å². The van der Waals surface area contributed by atoms with Gasteiger partial charge in [-0.2, -0.15) is 0 Å². The van der Waals surface area contributed by atoms with Crippen LogP contribution in [0.3, 0.4) is 0 Å². The molecule has 7 heteroatoms. The molecular formula is C16H23BrClN3O2. The van der Waals surface area contributed by atoms with E-state index in [1.807, 2.05) is 24.1 Å². The minimum atomic E-state index is -0.522. The van der Waals surface area contributed by atoms with Crippen molar-refractivity contribution in [3.8, 4) is 0 Å². The van der Waals surface area contributed by atoms with Crippen LogP contribution in [-0.2, 0) is 4.79 Å². The molecule has 2 amide bonds. The number of nitrogens with one attached hydrogen (secondary N) is 2. The first-order valence-electron chi connectivity index (χ1n) is 7.53. The number of hydrogen-bond acceptors (Lipinski definition) is 3.